The molecule has 5 heterocycles. The highest BCUT2D eigenvalue weighted by Crippen LogP contribution is 2.30. The van der Waals surface area contributed by atoms with Crippen molar-refractivity contribution in [3.63, 3.8) is 0 Å². The van der Waals surface area contributed by atoms with Crippen LogP contribution in [-0.2, 0) is 4.74 Å². The lowest BCUT2D eigenvalue weighted by atomic mass is 10.1. The normalized spacial score (nSPS) is 18.5. The maximum absolute atomic E-state index is 14.8. The van der Waals surface area contributed by atoms with Crippen LogP contribution < -0.4 is 20.3 Å². The molecule has 33 heavy (non-hydrogen) atoms. The first-order valence-corrected chi connectivity index (χ1v) is 11.5. The van der Waals surface area contributed by atoms with E-state index in [2.05, 4.69) is 30.5 Å². The summed E-state index contributed by atoms with van der Waals surface area (Å²) in [7, 11) is 1.60. The van der Waals surface area contributed by atoms with Crippen molar-refractivity contribution in [1.29, 1.82) is 0 Å². The van der Waals surface area contributed by atoms with Gasteiger partial charge in [0.05, 0.1) is 32.7 Å². The fourth-order valence-electron chi connectivity index (χ4n) is 3.97. The number of hydrogen-bond donors (Lipinski definition) is 2. The molecule has 2 N–H and O–H groups in total. The summed E-state index contributed by atoms with van der Waals surface area (Å²) in [4.78, 5) is 15.1. The number of rotatable bonds is 5. The monoisotopic (exact) mass is 458 g/mol. The fourth-order valence-corrected chi connectivity index (χ4v) is 3.97. The Balaban J connectivity index is 0.00000126. The number of halogens is 1. The number of imidazole rings is 1. The van der Waals surface area contributed by atoms with Gasteiger partial charge in [0.15, 0.2) is 23.0 Å². The number of hydrogen-bond acceptors (Lipinski definition) is 9. The molecule has 1 atom stereocenters. The van der Waals surface area contributed by atoms with Gasteiger partial charge in [0.1, 0.15) is 11.4 Å². The van der Waals surface area contributed by atoms with E-state index in [1.807, 2.05) is 13.8 Å². The van der Waals surface area contributed by atoms with Gasteiger partial charge in [0.2, 0.25) is 5.95 Å². The van der Waals surface area contributed by atoms with Gasteiger partial charge < -0.3 is 25.0 Å². The first-order valence-electron chi connectivity index (χ1n) is 11.5. The molecule has 178 valence electrons. The minimum Gasteiger partial charge on any atom is -0.493 e. The van der Waals surface area contributed by atoms with E-state index in [1.165, 1.54) is 6.20 Å². The van der Waals surface area contributed by atoms with E-state index >= 15 is 0 Å². The van der Waals surface area contributed by atoms with Crippen molar-refractivity contribution in [3.05, 3.63) is 24.3 Å². The highest BCUT2D eigenvalue weighted by Gasteiger charge is 2.22. The van der Waals surface area contributed by atoms with Crippen LogP contribution in [0.15, 0.2) is 18.5 Å². The van der Waals surface area contributed by atoms with Gasteiger partial charge in [0.25, 0.3) is 0 Å². The maximum Gasteiger partial charge on any atom is 0.223 e. The molecule has 2 saturated heterocycles. The molecule has 3 aromatic rings. The van der Waals surface area contributed by atoms with Crippen molar-refractivity contribution in [2.24, 2.45) is 0 Å². The van der Waals surface area contributed by atoms with Gasteiger partial charge in [-0.2, -0.15) is 0 Å². The number of methoxy groups -OCH3 is 1. The number of nitrogens with one attached hydrogen (secondary N) is 2. The first-order chi connectivity index (χ1) is 16.2. The molecule has 11 heteroatoms. The summed E-state index contributed by atoms with van der Waals surface area (Å²) >= 11 is 0. The number of fused-ring (bicyclic) bond motifs is 1. The van der Waals surface area contributed by atoms with Crippen LogP contribution in [0.5, 0.6) is 5.75 Å². The summed E-state index contributed by atoms with van der Waals surface area (Å²) < 4.78 is 27.3. The van der Waals surface area contributed by atoms with E-state index in [0.29, 0.717) is 55.2 Å². The van der Waals surface area contributed by atoms with Crippen molar-refractivity contribution in [3.8, 4) is 17.1 Å². The van der Waals surface area contributed by atoms with Crippen LogP contribution in [-0.4, -0.2) is 77.1 Å². The number of anilines is 2. The molecule has 3 aromatic heterocycles. The lowest BCUT2D eigenvalue weighted by Gasteiger charge is -2.28. The number of morpholine rings is 1. The number of ether oxygens (including phenoxy) is 2. The second-order valence-electron chi connectivity index (χ2n) is 7.63. The van der Waals surface area contributed by atoms with E-state index < -0.39 is 5.82 Å². The van der Waals surface area contributed by atoms with Gasteiger partial charge in [-0.1, -0.05) is 13.8 Å². The standard InChI is InChI=1S/C20H25FN8O2.C2H6/c1-30-16-9-17-23-12-15(29(17)27-19(16)28-5-7-31-8-6-28)18-14(21)11-24-20(26-18)25-13-3-2-4-22-10-13;1-2/h9,11-13,22H,2-8,10H2,1H3,(H,24,25,26);1-2H3. The van der Waals surface area contributed by atoms with E-state index in [-0.39, 0.29) is 11.7 Å². The molecule has 0 spiro atoms. The molecule has 0 amide bonds. The van der Waals surface area contributed by atoms with Crippen LogP contribution in [0.3, 0.4) is 0 Å². The molecular formula is C22H31FN8O2. The smallest absolute Gasteiger partial charge is 0.223 e. The lowest BCUT2D eigenvalue weighted by molar-refractivity contribution is 0.122. The maximum atomic E-state index is 14.8. The van der Waals surface area contributed by atoms with E-state index in [4.69, 9.17) is 14.6 Å². The van der Waals surface area contributed by atoms with Crippen LogP contribution in [0.4, 0.5) is 16.2 Å². The molecule has 1 unspecified atom stereocenters. The topological polar surface area (TPSA) is 102 Å². The van der Waals surface area contributed by atoms with Gasteiger partial charge in [-0.15, -0.1) is 5.10 Å². The summed E-state index contributed by atoms with van der Waals surface area (Å²) in [5.74, 6) is 1.14. The highest BCUT2D eigenvalue weighted by molar-refractivity contribution is 5.65. The molecule has 10 nitrogen and oxygen atoms in total. The molecule has 0 bridgehead atoms. The Labute approximate surface area is 192 Å². The second-order valence-corrected chi connectivity index (χ2v) is 7.63. The van der Waals surface area contributed by atoms with Crippen LogP contribution in [0.25, 0.3) is 17.0 Å². The zero-order valence-electron chi connectivity index (χ0n) is 19.3. The molecule has 5 rings (SSSR count). The third-order valence-electron chi connectivity index (χ3n) is 5.59. The van der Waals surface area contributed by atoms with Crippen LogP contribution in [0, 0.1) is 5.82 Å². The van der Waals surface area contributed by atoms with Crippen LogP contribution in [0.2, 0.25) is 0 Å². The zero-order valence-corrected chi connectivity index (χ0v) is 19.3. The van der Waals surface area contributed by atoms with Crippen molar-refractivity contribution in [2.45, 2.75) is 32.7 Å². The van der Waals surface area contributed by atoms with Crippen LogP contribution >= 0.6 is 0 Å². The van der Waals surface area contributed by atoms with Gasteiger partial charge in [-0.25, -0.2) is 23.9 Å². The molecule has 0 saturated carbocycles. The minimum absolute atomic E-state index is 0.152. The Morgan fingerprint density at radius 2 is 2.03 bits per heavy atom. The summed E-state index contributed by atoms with van der Waals surface area (Å²) in [6.45, 7) is 8.47. The quantitative estimate of drug-likeness (QED) is 0.597. The number of nitrogens with zero attached hydrogens (tertiary/aromatic N) is 6. The predicted molar refractivity (Wildman–Crippen MR) is 124 cm³/mol. The summed E-state index contributed by atoms with van der Waals surface area (Å²) in [6.07, 6.45) is 4.85. The Morgan fingerprint density at radius 3 is 2.76 bits per heavy atom. The van der Waals surface area contributed by atoms with Crippen molar-refractivity contribution < 1.29 is 13.9 Å². The van der Waals surface area contributed by atoms with Crippen LogP contribution in [0.1, 0.15) is 26.7 Å². The first kappa shape index (κ1) is 23.1. The zero-order chi connectivity index (χ0) is 23.2. The predicted octanol–water partition coefficient (Wildman–Crippen LogP) is 2.36. The average Bonchev–Trinajstić information content (AvgIpc) is 3.29. The third-order valence-corrected chi connectivity index (χ3v) is 5.59. The average molecular weight is 459 g/mol. The number of piperidine rings is 1. The van der Waals surface area contributed by atoms with Crippen molar-refractivity contribution >= 4 is 17.4 Å². The SMILES string of the molecule is CC.COc1cc2ncc(-c3nc(NC4CCCNC4)ncc3F)n2nc1N1CCOCC1. The van der Waals surface area contributed by atoms with Crippen molar-refractivity contribution in [2.75, 3.05) is 56.7 Å². The summed E-state index contributed by atoms with van der Waals surface area (Å²) in [5.41, 5.74) is 1.16. The van der Waals surface area contributed by atoms with Gasteiger partial charge >= 0.3 is 0 Å². The Kier molecular flexibility index (Phi) is 7.50. The lowest BCUT2D eigenvalue weighted by Crippen LogP contribution is -2.38. The molecule has 2 fully saturated rings. The van der Waals surface area contributed by atoms with E-state index in [0.717, 1.165) is 25.9 Å². The van der Waals surface area contributed by atoms with Crippen molar-refractivity contribution in [1.82, 2.24) is 29.9 Å². The Morgan fingerprint density at radius 1 is 1.21 bits per heavy atom. The molecule has 0 aliphatic carbocycles. The molecule has 0 aromatic carbocycles. The van der Waals surface area contributed by atoms with Gasteiger partial charge in [-0.05, 0) is 19.4 Å². The Hall–Kier alpha value is -3.05. The van der Waals surface area contributed by atoms with Gasteiger partial charge in [0, 0.05) is 31.7 Å². The minimum atomic E-state index is -0.528. The Bertz CT molecular complexity index is 1060. The fraction of sp³-hybridized carbons (Fsp3) is 0.545. The van der Waals surface area contributed by atoms with E-state index in [9.17, 15) is 4.39 Å². The van der Waals surface area contributed by atoms with Gasteiger partial charge in [-0.3, -0.25) is 0 Å². The second kappa shape index (κ2) is 10.7. The molecule has 2 aliphatic rings. The molecule has 2 aliphatic heterocycles. The van der Waals surface area contributed by atoms with E-state index in [1.54, 1.807) is 23.9 Å². The molecular weight excluding hydrogens is 427 g/mol. The third kappa shape index (κ3) is 4.98. The summed E-state index contributed by atoms with van der Waals surface area (Å²) in [6, 6.07) is 2.01. The largest absolute Gasteiger partial charge is 0.493 e. The highest BCUT2D eigenvalue weighted by atomic mass is 19.1. The molecule has 0 radical (unpaired) electrons. The number of aromatic nitrogens is 5. The summed E-state index contributed by atoms with van der Waals surface area (Å²) in [5, 5.41) is 11.4.